The molecule has 6 heteroatoms. The highest BCUT2D eigenvalue weighted by Gasteiger charge is 2.19. The smallest absolute Gasteiger partial charge is 0.306 e. The van der Waals surface area contributed by atoms with E-state index >= 15 is 0 Å². The summed E-state index contributed by atoms with van der Waals surface area (Å²) in [6, 6.07) is 0. The van der Waals surface area contributed by atoms with E-state index in [1.807, 2.05) is 0 Å². The molecule has 0 aliphatic heterocycles. The standard InChI is InChI=1S/C57H100O6/c1-4-7-10-13-16-19-22-25-27-29-31-32-35-38-41-44-47-50-56(59)62-53-54(52-61-55(58)49-46-43-40-37-34-24-21-18-15-12-9-6-3)63-57(60)51-48-45-42-39-36-33-30-28-26-23-20-17-14-11-8-5-2/h16,18-21,23,25,27-28,30,54H,4-15,17,22,24,26,29,31-53H2,1-3H3/b19-16-,21-18-,23-20-,27-25-,30-28-. The Bertz CT molecular complexity index is 1150. The van der Waals surface area contributed by atoms with E-state index in [2.05, 4.69) is 81.5 Å². The Balaban J connectivity index is 4.41. The molecule has 0 aromatic carbocycles. The third-order valence-electron chi connectivity index (χ3n) is 11.5. The minimum absolute atomic E-state index is 0.0864. The van der Waals surface area contributed by atoms with Crippen LogP contribution in [0.1, 0.15) is 265 Å². The molecule has 0 saturated heterocycles. The molecule has 0 aliphatic rings. The van der Waals surface area contributed by atoms with Crippen molar-refractivity contribution >= 4 is 17.9 Å². The number of esters is 3. The second-order valence-electron chi connectivity index (χ2n) is 17.8. The molecule has 0 heterocycles. The number of rotatable bonds is 48. The van der Waals surface area contributed by atoms with Crippen molar-refractivity contribution in [2.75, 3.05) is 13.2 Å². The largest absolute Gasteiger partial charge is 0.462 e. The molecular formula is C57H100O6. The highest BCUT2D eigenvalue weighted by atomic mass is 16.6. The molecule has 364 valence electrons. The van der Waals surface area contributed by atoms with Crippen molar-refractivity contribution in [2.45, 2.75) is 271 Å². The maximum atomic E-state index is 12.8. The van der Waals surface area contributed by atoms with Crippen molar-refractivity contribution in [3.8, 4) is 0 Å². The summed E-state index contributed by atoms with van der Waals surface area (Å²) in [6.07, 6.45) is 63.4. The van der Waals surface area contributed by atoms with Crippen molar-refractivity contribution in [3.63, 3.8) is 0 Å². The minimum Gasteiger partial charge on any atom is -0.462 e. The zero-order chi connectivity index (χ0) is 45.8. The Morgan fingerprint density at radius 1 is 0.317 bits per heavy atom. The number of hydrogen-bond donors (Lipinski definition) is 0. The van der Waals surface area contributed by atoms with Gasteiger partial charge in [0.05, 0.1) is 0 Å². The van der Waals surface area contributed by atoms with Crippen molar-refractivity contribution in [3.05, 3.63) is 60.8 Å². The molecule has 0 aliphatic carbocycles. The summed E-state index contributed by atoms with van der Waals surface area (Å²) in [5.74, 6) is -0.912. The number of carbonyl (C=O) groups is 3. The summed E-state index contributed by atoms with van der Waals surface area (Å²) in [6.45, 7) is 6.56. The summed E-state index contributed by atoms with van der Waals surface area (Å²) < 4.78 is 16.8. The van der Waals surface area contributed by atoms with Gasteiger partial charge in [-0.15, -0.1) is 0 Å². The van der Waals surface area contributed by atoms with Crippen LogP contribution in [0.15, 0.2) is 60.8 Å². The van der Waals surface area contributed by atoms with Gasteiger partial charge in [0.15, 0.2) is 6.10 Å². The van der Waals surface area contributed by atoms with Gasteiger partial charge in [0, 0.05) is 19.3 Å². The first kappa shape index (κ1) is 60.1. The maximum Gasteiger partial charge on any atom is 0.306 e. The van der Waals surface area contributed by atoms with Crippen molar-refractivity contribution in [1.82, 2.24) is 0 Å². The highest BCUT2D eigenvalue weighted by Crippen LogP contribution is 2.14. The van der Waals surface area contributed by atoms with E-state index in [9.17, 15) is 14.4 Å². The van der Waals surface area contributed by atoms with Crippen LogP contribution in [0.4, 0.5) is 0 Å². The molecule has 0 spiro atoms. The Hall–Kier alpha value is -2.89. The summed E-state index contributed by atoms with van der Waals surface area (Å²) in [4.78, 5) is 38.0. The zero-order valence-corrected chi connectivity index (χ0v) is 41.6. The summed E-state index contributed by atoms with van der Waals surface area (Å²) in [7, 11) is 0. The summed E-state index contributed by atoms with van der Waals surface area (Å²) in [5, 5.41) is 0. The summed E-state index contributed by atoms with van der Waals surface area (Å²) in [5.41, 5.74) is 0. The predicted molar refractivity (Wildman–Crippen MR) is 270 cm³/mol. The molecular weight excluding hydrogens is 781 g/mol. The molecule has 0 aromatic rings. The molecule has 63 heavy (non-hydrogen) atoms. The third-order valence-corrected chi connectivity index (χ3v) is 11.5. The van der Waals surface area contributed by atoms with E-state index in [1.54, 1.807) is 0 Å². The van der Waals surface area contributed by atoms with Crippen LogP contribution in [0.2, 0.25) is 0 Å². The fourth-order valence-electron chi connectivity index (χ4n) is 7.38. The quantitative estimate of drug-likeness (QED) is 0.0262. The van der Waals surface area contributed by atoms with Crippen LogP contribution in [0, 0.1) is 0 Å². The van der Waals surface area contributed by atoms with Crippen LogP contribution in [0.3, 0.4) is 0 Å². The number of allylic oxidation sites excluding steroid dienone is 10. The predicted octanol–water partition coefficient (Wildman–Crippen LogP) is 17.6. The second kappa shape index (κ2) is 51.7. The van der Waals surface area contributed by atoms with Crippen LogP contribution in [-0.4, -0.2) is 37.2 Å². The Morgan fingerprint density at radius 2 is 0.571 bits per heavy atom. The number of ether oxygens (including phenoxy) is 3. The molecule has 1 atom stereocenters. The SMILES string of the molecule is CCCCC/C=C\C/C=C\CCCCCCCCCC(=O)OCC(COC(=O)CCCCCCC/C=C\CCCCC)OC(=O)CCCCCCC/C=C\C/C=C\CCCCCC. The van der Waals surface area contributed by atoms with Gasteiger partial charge in [-0.05, 0) is 109 Å². The third kappa shape index (κ3) is 50.0. The number of carbonyl (C=O) groups excluding carboxylic acids is 3. The topological polar surface area (TPSA) is 78.9 Å². The normalized spacial score (nSPS) is 12.5. The Morgan fingerprint density at radius 3 is 0.921 bits per heavy atom. The molecule has 0 aromatic heterocycles. The molecule has 0 bridgehead atoms. The first-order chi connectivity index (χ1) is 31.0. The van der Waals surface area contributed by atoms with Gasteiger partial charge in [-0.2, -0.15) is 0 Å². The van der Waals surface area contributed by atoms with E-state index in [-0.39, 0.29) is 31.1 Å². The van der Waals surface area contributed by atoms with Crippen molar-refractivity contribution in [2.24, 2.45) is 0 Å². The minimum atomic E-state index is -0.787. The van der Waals surface area contributed by atoms with Crippen LogP contribution >= 0.6 is 0 Å². The summed E-state index contributed by atoms with van der Waals surface area (Å²) >= 11 is 0. The highest BCUT2D eigenvalue weighted by molar-refractivity contribution is 5.71. The van der Waals surface area contributed by atoms with E-state index in [4.69, 9.17) is 14.2 Å². The van der Waals surface area contributed by atoms with E-state index in [0.717, 1.165) is 103 Å². The van der Waals surface area contributed by atoms with Gasteiger partial charge in [0.1, 0.15) is 13.2 Å². The lowest BCUT2D eigenvalue weighted by Gasteiger charge is -2.18. The molecule has 1 unspecified atom stereocenters. The van der Waals surface area contributed by atoms with Crippen LogP contribution in [-0.2, 0) is 28.6 Å². The van der Waals surface area contributed by atoms with Gasteiger partial charge in [-0.3, -0.25) is 14.4 Å². The lowest BCUT2D eigenvalue weighted by atomic mass is 10.1. The van der Waals surface area contributed by atoms with Gasteiger partial charge in [0.25, 0.3) is 0 Å². The fraction of sp³-hybridized carbons (Fsp3) is 0.772. The average Bonchev–Trinajstić information content (AvgIpc) is 3.28. The van der Waals surface area contributed by atoms with Crippen molar-refractivity contribution < 1.29 is 28.6 Å². The zero-order valence-electron chi connectivity index (χ0n) is 41.6. The first-order valence-electron chi connectivity index (χ1n) is 26.8. The maximum absolute atomic E-state index is 12.8. The monoisotopic (exact) mass is 881 g/mol. The Kier molecular flexibility index (Phi) is 49.4. The molecule has 0 amide bonds. The van der Waals surface area contributed by atoms with Gasteiger partial charge in [0.2, 0.25) is 0 Å². The lowest BCUT2D eigenvalue weighted by molar-refractivity contribution is -0.167. The molecule has 0 saturated carbocycles. The van der Waals surface area contributed by atoms with E-state index in [1.165, 1.54) is 122 Å². The van der Waals surface area contributed by atoms with Gasteiger partial charge >= 0.3 is 17.9 Å². The lowest BCUT2D eigenvalue weighted by Crippen LogP contribution is -2.30. The van der Waals surface area contributed by atoms with Gasteiger partial charge < -0.3 is 14.2 Å². The number of unbranched alkanes of at least 4 members (excludes halogenated alkanes) is 27. The van der Waals surface area contributed by atoms with Crippen molar-refractivity contribution in [1.29, 1.82) is 0 Å². The molecule has 0 N–H and O–H groups in total. The van der Waals surface area contributed by atoms with Crippen LogP contribution < -0.4 is 0 Å². The molecule has 0 radical (unpaired) electrons. The van der Waals surface area contributed by atoms with E-state index < -0.39 is 6.10 Å². The molecule has 0 fully saturated rings. The van der Waals surface area contributed by atoms with Crippen LogP contribution in [0.25, 0.3) is 0 Å². The van der Waals surface area contributed by atoms with Crippen LogP contribution in [0.5, 0.6) is 0 Å². The van der Waals surface area contributed by atoms with E-state index in [0.29, 0.717) is 19.3 Å². The van der Waals surface area contributed by atoms with Gasteiger partial charge in [-0.1, -0.05) is 197 Å². The average molecular weight is 881 g/mol. The van der Waals surface area contributed by atoms with Gasteiger partial charge in [-0.25, -0.2) is 0 Å². The Labute approximate surface area is 390 Å². The second-order valence-corrected chi connectivity index (χ2v) is 17.8. The number of hydrogen-bond acceptors (Lipinski definition) is 6. The molecule has 6 nitrogen and oxygen atoms in total. The first-order valence-corrected chi connectivity index (χ1v) is 26.8. The fourth-order valence-corrected chi connectivity index (χ4v) is 7.38. The molecule has 0 rings (SSSR count).